The first-order valence-electron chi connectivity index (χ1n) is 7.39. The molecule has 0 spiro atoms. The molecule has 0 unspecified atom stereocenters. The zero-order chi connectivity index (χ0) is 15.2. The second-order valence-corrected chi connectivity index (χ2v) is 5.39. The molecule has 4 heterocycles. The highest BCUT2D eigenvalue weighted by molar-refractivity contribution is 6.01. The third kappa shape index (κ3) is 1.89. The molecule has 0 aliphatic rings. The Kier molecular flexibility index (Phi) is 2.46. The predicted molar refractivity (Wildman–Crippen MR) is 90.0 cm³/mol. The van der Waals surface area contributed by atoms with Crippen molar-refractivity contribution in [2.45, 2.75) is 0 Å². The molecule has 1 aromatic carbocycles. The van der Waals surface area contributed by atoms with Crippen LogP contribution in [-0.4, -0.2) is 15.0 Å². The topological polar surface area (TPSA) is 51.8 Å². The Morgan fingerprint density at radius 2 is 1.61 bits per heavy atom. The van der Waals surface area contributed by atoms with E-state index in [2.05, 4.69) is 21.0 Å². The van der Waals surface area contributed by atoms with Gasteiger partial charge in [0, 0.05) is 11.6 Å². The minimum Gasteiger partial charge on any atom is -0.436 e. The van der Waals surface area contributed by atoms with Crippen molar-refractivity contribution in [2.75, 3.05) is 0 Å². The van der Waals surface area contributed by atoms with Crippen LogP contribution in [0.1, 0.15) is 0 Å². The summed E-state index contributed by atoms with van der Waals surface area (Å²) < 4.78 is 5.80. The Morgan fingerprint density at radius 1 is 0.739 bits per heavy atom. The maximum absolute atomic E-state index is 5.80. The lowest BCUT2D eigenvalue weighted by atomic mass is 10.1. The fourth-order valence-electron chi connectivity index (χ4n) is 2.83. The zero-order valence-electron chi connectivity index (χ0n) is 12.1. The number of pyridine rings is 3. The van der Waals surface area contributed by atoms with Crippen LogP contribution in [0.3, 0.4) is 0 Å². The molecule has 4 aromatic heterocycles. The van der Waals surface area contributed by atoms with Crippen molar-refractivity contribution in [3.8, 4) is 11.4 Å². The van der Waals surface area contributed by atoms with Crippen LogP contribution in [0.5, 0.6) is 0 Å². The van der Waals surface area contributed by atoms with E-state index in [9.17, 15) is 0 Å². The molecule has 5 aromatic rings. The van der Waals surface area contributed by atoms with E-state index in [1.165, 1.54) is 0 Å². The van der Waals surface area contributed by atoms with E-state index in [1.54, 1.807) is 6.20 Å². The van der Waals surface area contributed by atoms with Gasteiger partial charge in [-0.3, -0.25) is 4.98 Å². The molecule has 4 nitrogen and oxygen atoms in total. The minimum absolute atomic E-state index is 0.589. The largest absolute Gasteiger partial charge is 0.436 e. The van der Waals surface area contributed by atoms with Gasteiger partial charge < -0.3 is 4.42 Å². The number of aromatic nitrogens is 3. The van der Waals surface area contributed by atoms with Gasteiger partial charge in [0.25, 0.3) is 0 Å². The van der Waals surface area contributed by atoms with Gasteiger partial charge in [0.15, 0.2) is 5.58 Å². The third-order valence-electron chi connectivity index (χ3n) is 3.95. The molecule has 0 saturated carbocycles. The summed E-state index contributed by atoms with van der Waals surface area (Å²) in [5, 5.41) is 2.04. The number of para-hydroxylation sites is 1. The van der Waals surface area contributed by atoms with Crippen LogP contribution in [0.15, 0.2) is 71.3 Å². The van der Waals surface area contributed by atoms with Crippen molar-refractivity contribution in [3.05, 3.63) is 66.9 Å². The van der Waals surface area contributed by atoms with Crippen molar-refractivity contribution < 1.29 is 4.42 Å². The van der Waals surface area contributed by atoms with Crippen molar-refractivity contribution >= 4 is 33.1 Å². The first kappa shape index (κ1) is 12.3. The van der Waals surface area contributed by atoms with Gasteiger partial charge in [-0.1, -0.05) is 24.3 Å². The SMILES string of the molecule is c1ccc2nc(-c3ccc4c(n3)oc3cccnc34)ccc2c1. The molecule has 0 bridgehead atoms. The number of hydrogen-bond donors (Lipinski definition) is 0. The highest BCUT2D eigenvalue weighted by Gasteiger charge is 2.11. The smallest absolute Gasteiger partial charge is 0.229 e. The van der Waals surface area contributed by atoms with Crippen LogP contribution in [0.2, 0.25) is 0 Å². The maximum atomic E-state index is 5.80. The lowest BCUT2D eigenvalue weighted by Crippen LogP contribution is -1.88. The summed E-state index contributed by atoms with van der Waals surface area (Å²) in [5.74, 6) is 0. The van der Waals surface area contributed by atoms with E-state index in [1.807, 2.05) is 54.6 Å². The summed E-state index contributed by atoms with van der Waals surface area (Å²) in [4.78, 5) is 13.7. The van der Waals surface area contributed by atoms with Crippen LogP contribution in [0.25, 0.3) is 44.5 Å². The summed E-state index contributed by atoms with van der Waals surface area (Å²) in [5.41, 5.74) is 4.76. The summed E-state index contributed by atoms with van der Waals surface area (Å²) in [6.45, 7) is 0. The Labute approximate surface area is 131 Å². The van der Waals surface area contributed by atoms with Crippen LogP contribution in [0, 0.1) is 0 Å². The second kappa shape index (κ2) is 4.61. The Bertz CT molecular complexity index is 1180. The van der Waals surface area contributed by atoms with Gasteiger partial charge in [-0.25, -0.2) is 9.97 Å². The molecular weight excluding hydrogens is 286 g/mol. The standard InChI is InChI=1S/C19H11N3O/c1-2-5-14-12(4-1)7-9-15(21-14)16-10-8-13-18-17(6-3-11-20-18)23-19(13)22-16/h1-11H. The van der Waals surface area contributed by atoms with Crippen molar-refractivity contribution in [2.24, 2.45) is 0 Å². The van der Waals surface area contributed by atoms with Crippen LogP contribution in [0.4, 0.5) is 0 Å². The highest BCUT2D eigenvalue weighted by Crippen LogP contribution is 2.28. The fourth-order valence-corrected chi connectivity index (χ4v) is 2.83. The van der Waals surface area contributed by atoms with E-state index in [0.29, 0.717) is 5.71 Å². The lowest BCUT2D eigenvalue weighted by molar-refractivity contribution is 0.654. The maximum Gasteiger partial charge on any atom is 0.229 e. The summed E-state index contributed by atoms with van der Waals surface area (Å²) in [6.07, 6.45) is 1.76. The number of hydrogen-bond acceptors (Lipinski definition) is 4. The van der Waals surface area contributed by atoms with Crippen molar-refractivity contribution in [1.82, 2.24) is 15.0 Å². The van der Waals surface area contributed by atoms with Gasteiger partial charge in [0.05, 0.1) is 22.3 Å². The molecule has 23 heavy (non-hydrogen) atoms. The first-order valence-corrected chi connectivity index (χ1v) is 7.39. The van der Waals surface area contributed by atoms with Gasteiger partial charge in [0.1, 0.15) is 5.52 Å². The van der Waals surface area contributed by atoms with E-state index < -0.39 is 0 Å². The number of fused-ring (bicyclic) bond motifs is 4. The zero-order valence-corrected chi connectivity index (χ0v) is 12.1. The molecule has 0 saturated heterocycles. The molecule has 5 rings (SSSR count). The molecule has 4 heteroatoms. The van der Waals surface area contributed by atoms with E-state index in [4.69, 9.17) is 4.42 Å². The average molecular weight is 297 g/mol. The van der Waals surface area contributed by atoms with Gasteiger partial charge >= 0.3 is 0 Å². The monoisotopic (exact) mass is 297 g/mol. The number of benzene rings is 1. The summed E-state index contributed by atoms with van der Waals surface area (Å²) in [6, 6.07) is 19.8. The van der Waals surface area contributed by atoms with E-state index >= 15 is 0 Å². The number of rotatable bonds is 1. The molecule has 108 valence electrons. The number of nitrogens with zero attached hydrogens (tertiary/aromatic N) is 3. The Hall–Kier alpha value is -3.27. The average Bonchev–Trinajstić information content (AvgIpc) is 2.99. The molecule has 0 aliphatic carbocycles. The van der Waals surface area contributed by atoms with Gasteiger partial charge in [-0.2, -0.15) is 0 Å². The molecule has 0 N–H and O–H groups in total. The Balaban J connectivity index is 1.73. The van der Waals surface area contributed by atoms with E-state index in [0.717, 1.165) is 38.8 Å². The molecule has 0 fully saturated rings. The lowest BCUT2D eigenvalue weighted by Gasteiger charge is -2.02. The normalized spacial score (nSPS) is 11.5. The summed E-state index contributed by atoms with van der Waals surface area (Å²) >= 11 is 0. The third-order valence-corrected chi connectivity index (χ3v) is 3.95. The van der Waals surface area contributed by atoms with Crippen LogP contribution < -0.4 is 0 Å². The molecular formula is C19H11N3O. The van der Waals surface area contributed by atoms with Gasteiger partial charge in [0.2, 0.25) is 5.71 Å². The van der Waals surface area contributed by atoms with Crippen LogP contribution >= 0.6 is 0 Å². The molecule has 0 radical (unpaired) electrons. The summed E-state index contributed by atoms with van der Waals surface area (Å²) in [7, 11) is 0. The molecule has 0 amide bonds. The quantitative estimate of drug-likeness (QED) is 0.454. The Morgan fingerprint density at radius 3 is 2.61 bits per heavy atom. The van der Waals surface area contributed by atoms with E-state index in [-0.39, 0.29) is 0 Å². The molecule has 0 atom stereocenters. The first-order chi connectivity index (χ1) is 11.4. The molecule has 0 aliphatic heterocycles. The van der Waals surface area contributed by atoms with Gasteiger partial charge in [-0.15, -0.1) is 0 Å². The second-order valence-electron chi connectivity index (χ2n) is 5.39. The fraction of sp³-hybridized carbons (Fsp3) is 0. The predicted octanol–water partition coefficient (Wildman–Crippen LogP) is 4.59. The highest BCUT2D eigenvalue weighted by atomic mass is 16.3. The van der Waals surface area contributed by atoms with Gasteiger partial charge in [-0.05, 0) is 36.4 Å². The minimum atomic E-state index is 0.589. The van der Waals surface area contributed by atoms with Crippen LogP contribution in [-0.2, 0) is 0 Å². The van der Waals surface area contributed by atoms with Crippen molar-refractivity contribution in [1.29, 1.82) is 0 Å². The number of furan rings is 1. The van der Waals surface area contributed by atoms with Crippen molar-refractivity contribution in [3.63, 3.8) is 0 Å².